The highest BCUT2D eigenvalue weighted by molar-refractivity contribution is 6.40. The van der Waals surface area contributed by atoms with Crippen LogP contribution < -0.4 is 15.5 Å². The van der Waals surface area contributed by atoms with E-state index in [2.05, 4.69) is 15.8 Å². The van der Waals surface area contributed by atoms with Crippen LogP contribution in [-0.2, 0) is 9.59 Å². The van der Waals surface area contributed by atoms with E-state index in [-0.39, 0.29) is 38.4 Å². The molecular weight excluding hydrogens is 499 g/mol. The second-order valence-electron chi connectivity index (χ2n) is 6.94. The first-order valence-corrected chi connectivity index (χ1v) is 10.6. The van der Waals surface area contributed by atoms with Crippen LogP contribution in [0.1, 0.15) is 22.8 Å². The lowest BCUT2D eigenvalue weighted by Crippen LogP contribution is -2.33. The number of ether oxygens (including phenoxy) is 1. The van der Waals surface area contributed by atoms with Gasteiger partial charge in [-0.25, -0.2) is 10.2 Å². The Balaban J connectivity index is 1.69. The van der Waals surface area contributed by atoms with Gasteiger partial charge >= 0.3 is 17.8 Å². The first kappa shape index (κ1) is 25.3. The second kappa shape index (κ2) is 11.2. The number of halogens is 2. The van der Waals surface area contributed by atoms with Crippen LogP contribution in [0, 0.1) is 10.1 Å². The van der Waals surface area contributed by atoms with Gasteiger partial charge in [0, 0.05) is 33.4 Å². The fourth-order valence-corrected chi connectivity index (χ4v) is 3.32. The van der Waals surface area contributed by atoms with E-state index in [0.717, 1.165) is 0 Å². The number of nitro benzene ring substituents is 1. The Morgan fingerprint density at radius 2 is 1.57 bits per heavy atom. The van der Waals surface area contributed by atoms with Gasteiger partial charge in [-0.2, -0.15) is 5.10 Å². The van der Waals surface area contributed by atoms with Crippen LogP contribution in [0.5, 0.6) is 5.75 Å². The molecule has 178 valence electrons. The summed E-state index contributed by atoms with van der Waals surface area (Å²) in [6.07, 6.45) is 0. The quantitative estimate of drug-likeness (QED) is 0.123. The predicted molar refractivity (Wildman–Crippen MR) is 130 cm³/mol. The van der Waals surface area contributed by atoms with Crippen molar-refractivity contribution in [2.24, 2.45) is 5.10 Å². The normalized spacial score (nSPS) is 10.9. The molecule has 0 aliphatic carbocycles. The highest BCUT2D eigenvalue weighted by Crippen LogP contribution is 2.23. The van der Waals surface area contributed by atoms with Crippen molar-refractivity contribution in [3.63, 3.8) is 0 Å². The highest BCUT2D eigenvalue weighted by atomic mass is 35.5. The molecule has 0 aliphatic heterocycles. The Kier molecular flexibility index (Phi) is 8.13. The predicted octanol–water partition coefficient (Wildman–Crippen LogP) is 4.60. The van der Waals surface area contributed by atoms with Crippen LogP contribution in [-0.4, -0.2) is 28.4 Å². The standard InChI is InChI=1S/C23H16Cl2N4O6/c1-13(27-28-22(31)21(30)26-17-11-15(24)10-16(25)12-17)19-4-2-3-5-20(19)35-23(32)14-6-8-18(9-7-14)29(33)34/h2-12H,1H3,(H,26,30)(H,28,31)/b27-13+. The van der Waals surface area contributed by atoms with E-state index in [9.17, 15) is 24.5 Å². The number of non-ortho nitro benzene ring substituents is 1. The number of hydrazone groups is 1. The number of anilines is 1. The molecule has 3 aromatic rings. The molecule has 0 atom stereocenters. The van der Waals surface area contributed by atoms with Crippen LogP contribution >= 0.6 is 23.2 Å². The third-order valence-electron chi connectivity index (χ3n) is 4.45. The van der Waals surface area contributed by atoms with Crippen molar-refractivity contribution in [1.82, 2.24) is 5.43 Å². The largest absolute Gasteiger partial charge is 0.422 e. The van der Waals surface area contributed by atoms with Gasteiger partial charge in [0.15, 0.2) is 0 Å². The topological polar surface area (TPSA) is 140 Å². The summed E-state index contributed by atoms with van der Waals surface area (Å²) >= 11 is 11.7. The molecule has 2 amide bonds. The average Bonchev–Trinajstić information content (AvgIpc) is 2.82. The maximum atomic E-state index is 12.5. The first-order chi connectivity index (χ1) is 16.6. The third kappa shape index (κ3) is 6.85. The Morgan fingerprint density at radius 3 is 2.20 bits per heavy atom. The molecular formula is C23H16Cl2N4O6. The zero-order valence-corrected chi connectivity index (χ0v) is 19.5. The Labute approximate surface area is 208 Å². The molecule has 0 heterocycles. The van der Waals surface area contributed by atoms with E-state index in [4.69, 9.17) is 27.9 Å². The maximum absolute atomic E-state index is 12.5. The number of hydrogen-bond donors (Lipinski definition) is 2. The third-order valence-corrected chi connectivity index (χ3v) is 4.88. The van der Waals surface area contributed by atoms with Crippen molar-refractivity contribution < 1.29 is 24.0 Å². The summed E-state index contributed by atoms with van der Waals surface area (Å²) in [6.45, 7) is 1.54. The number of carbonyl (C=O) groups is 3. The van der Waals surface area contributed by atoms with Crippen molar-refractivity contribution >= 4 is 58.1 Å². The Morgan fingerprint density at radius 1 is 0.943 bits per heavy atom. The van der Waals surface area contributed by atoms with Gasteiger partial charge in [-0.3, -0.25) is 19.7 Å². The number of amides is 2. The summed E-state index contributed by atoms with van der Waals surface area (Å²) in [7, 11) is 0. The van der Waals surface area contributed by atoms with Gasteiger partial charge in [-0.05, 0) is 49.4 Å². The number of carbonyl (C=O) groups excluding carboxylic acids is 3. The maximum Gasteiger partial charge on any atom is 0.343 e. The van der Waals surface area contributed by atoms with E-state index in [1.165, 1.54) is 55.5 Å². The van der Waals surface area contributed by atoms with Crippen LogP contribution in [0.15, 0.2) is 71.8 Å². The number of benzene rings is 3. The van der Waals surface area contributed by atoms with E-state index in [1.54, 1.807) is 18.2 Å². The zero-order chi connectivity index (χ0) is 25.5. The molecule has 0 aliphatic rings. The van der Waals surface area contributed by atoms with E-state index in [0.29, 0.717) is 5.56 Å². The lowest BCUT2D eigenvalue weighted by molar-refractivity contribution is -0.384. The van der Waals surface area contributed by atoms with Crippen molar-refractivity contribution in [3.8, 4) is 5.75 Å². The van der Waals surface area contributed by atoms with Crippen LogP contribution in [0.3, 0.4) is 0 Å². The molecule has 10 nitrogen and oxygen atoms in total. The van der Waals surface area contributed by atoms with Gasteiger partial charge in [0.2, 0.25) is 0 Å². The molecule has 0 unspecified atom stereocenters. The van der Waals surface area contributed by atoms with Gasteiger partial charge in [-0.15, -0.1) is 0 Å². The molecule has 12 heteroatoms. The van der Waals surface area contributed by atoms with E-state index in [1.807, 2.05) is 0 Å². The molecule has 3 aromatic carbocycles. The molecule has 0 bridgehead atoms. The van der Waals surface area contributed by atoms with Gasteiger partial charge in [-0.1, -0.05) is 35.3 Å². The molecule has 0 fully saturated rings. The minimum atomic E-state index is -1.05. The summed E-state index contributed by atoms with van der Waals surface area (Å²) in [5.41, 5.74) is 2.90. The SMILES string of the molecule is C/C(=N\NC(=O)C(=O)Nc1cc(Cl)cc(Cl)c1)c1ccccc1OC(=O)c1ccc([N+](=O)[O-])cc1. The Bertz CT molecular complexity index is 1320. The molecule has 3 rings (SSSR count). The van der Waals surface area contributed by atoms with Crippen LogP contribution in [0.4, 0.5) is 11.4 Å². The first-order valence-electron chi connectivity index (χ1n) is 9.82. The Hall–Kier alpha value is -4.28. The number of hydrogen-bond acceptors (Lipinski definition) is 7. The van der Waals surface area contributed by atoms with Gasteiger partial charge in [0.25, 0.3) is 5.69 Å². The lowest BCUT2D eigenvalue weighted by atomic mass is 10.1. The van der Waals surface area contributed by atoms with Crippen molar-refractivity contribution in [2.75, 3.05) is 5.32 Å². The number of nitrogens with one attached hydrogen (secondary N) is 2. The molecule has 2 N–H and O–H groups in total. The summed E-state index contributed by atoms with van der Waals surface area (Å²) in [5.74, 6) is -2.67. The lowest BCUT2D eigenvalue weighted by Gasteiger charge is -2.10. The molecule has 0 aromatic heterocycles. The summed E-state index contributed by atoms with van der Waals surface area (Å²) in [5, 5.41) is 17.6. The summed E-state index contributed by atoms with van der Waals surface area (Å²) in [4.78, 5) is 46.9. The van der Waals surface area contributed by atoms with E-state index >= 15 is 0 Å². The minimum absolute atomic E-state index is 0.103. The highest BCUT2D eigenvalue weighted by Gasteiger charge is 2.17. The second-order valence-corrected chi connectivity index (χ2v) is 7.81. The average molecular weight is 515 g/mol. The van der Waals surface area contributed by atoms with Crippen LogP contribution in [0.2, 0.25) is 10.0 Å². The van der Waals surface area contributed by atoms with Gasteiger partial charge < -0.3 is 10.1 Å². The molecule has 35 heavy (non-hydrogen) atoms. The van der Waals surface area contributed by atoms with Crippen molar-refractivity contribution in [3.05, 3.63) is 98.0 Å². The number of para-hydroxylation sites is 1. The zero-order valence-electron chi connectivity index (χ0n) is 18.0. The van der Waals surface area contributed by atoms with E-state index < -0.39 is 22.7 Å². The smallest absolute Gasteiger partial charge is 0.343 e. The fraction of sp³-hybridized carbons (Fsp3) is 0.0435. The number of nitrogens with zero attached hydrogens (tertiary/aromatic N) is 2. The monoisotopic (exact) mass is 514 g/mol. The van der Waals surface area contributed by atoms with Gasteiger partial charge in [0.1, 0.15) is 5.75 Å². The van der Waals surface area contributed by atoms with Gasteiger partial charge in [0.05, 0.1) is 16.2 Å². The van der Waals surface area contributed by atoms with Crippen LogP contribution in [0.25, 0.3) is 0 Å². The minimum Gasteiger partial charge on any atom is -0.422 e. The fourth-order valence-electron chi connectivity index (χ4n) is 2.79. The molecule has 0 saturated heterocycles. The number of nitro groups is 1. The molecule has 0 radical (unpaired) electrons. The molecule has 0 spiro atoms. The van der Waals surface area contributed by atoms with Crippen molar-refractivity contribution in [2.45, 2.75) is 6.92 Å². The van der Waals surface area contributed by atoms with Crippen molar-refractivity contribution in [1.29, 1.82) is 0 Å². The summed E-state index contributed by atoms with van der Waals surface area (Å²) < 4.78 is 5.40. The number of esters is 1. The molecule has 0 saturated carbocycles. The summed E-state index contributed by atoms with van der Waals surface area (Å²) in [6, 6.07) is 15.6. The number of rotatable bonds is 6.